The molecular formula is C18H22FN3O3. The number of anilines is 1. The summed E-state index contributed by atoms with van der Waals surface area (Å²) < 4.78 is 17.7. The first-order valence-corrected chi connectivity index (χ1v) is 8.22. The van der Waals surface area contributed by atoms with Gasteiger partial charge >= 0.3 is 0 Å². The van der Waals surface area contributed by atoms with E-state index < -0.39 is 6.04 Å². The highest BCUT2D eigenvalue weighted by atomic mass is 19.1. The van der Waals surface area contributed by atoms with E-state index in [4.69, 9.17) is 4.52 Å². The Bertz CT molecular complexity index is 713. The van der Waals surface area contributed by atoms with Crippen molar-refractivity contribution in [2.75, 3.05) is 5.32 Å². The number of rotatable bonds is 8. The molecule has 0 aliphatic rings. The molecule has 2 rings (SSSR count). The van der Waals surface area contributed by atoms with Gasteiger partial charge in [-0.1, -0.05) is 17.3 Å². The monoisotopic (exact) mass is 347 g/mol. The Balaban J connectivity index is 1.65. The Hall–Kier alpha value is -2.70. The molecule has 0 unspecified atom stereocenters. The second kappa shape index (κ2) is 8.96. The molecule has 0 spiro atoms. The van der Waals surface area contributed by atoms with Crippen LogP contribution in [0.1, 0.15) is 37.5 Å². The third-order valence-corrected chi connectivity index (χ3v) is 3.68. The number of nitrogens with zero attached hydrogens (tertiary/aromatic N) is 1. The van der Waals surface area contributed by atoms with Crippen molar-refractivity contribution >= 4 is 17.6 Å². The predicted molar refractivity (Wildman–Crippen MR) is 91.4 cm³/mol. The lowest BCUT2D eigenvalue weighted by molar-refractivity contribution is -0.126. The van der Waals surface area contributed by atoms with Crippen LogP contribution in [-0.2, 0) is 16.0 Å². The van der Waals surface area contributed by atoms with Crippen molar-refractivity contribution < 1.29 is 18.5 Å². The van der Waals surface area contributed by atoms with Crippen LogP contribution in [0.4, 0.5) is 10.2 Å². The summed E-state index contributed by atoms with van der Waals surface area (Å²) in [4.78, 5) is 23.9. The number of hydrogen-bond acceptors (Lipinski definition) is 4. The Morgan fingerprint density at radius 3 is 2.60 bits per heavy atom. The summed E-state index contributed by atoms with van der Waals surface area (Å²) in [7, 11) is 0. The number of hydrogen-bond donors (Lipinski definition) is 2. The normalized spacial score (nSPS) is 11.8. The highest BCUT2D eigenvalue weighted by Crippen LogP contribution is 2.09. The van der Waals surface area contributed by atoms with E-state index in [1.807, 2.05) is 0 Å². The summed E-state index contributed by atoms with van der Waals surface area (Å²) >= 11 is 0. The number of carbonyl (C=O) groups is 2. The molecule has 2 amide bonds. The molecule has 0 aliphatic heterocycles. The molecule has 0 saturated heterocycles. The number of unbranched alkanes of at least 4 members (excludes halogenated alkanes) is 1. The second-order valence-electron chi connectivity index (χ2n) is 5.93. The Morgan fingerprint density at radius 1 is 1.24 bits per heavy atom. The molecule has 0 aliphatic carbocycles. The third-order valence-electron chi connectivity index (χ3n) is 3.68. The molecule has 0 fully saturated rings. The standard InChI is InChI=1S/C18H22FN3O3/c1-12-11-16(22-25-12)21-18(24)13(2)20-17(23)6-4-3-5-14-7-9-15(19)10-8-14/h7-11,13H,3-6H2,1-2H3,(H,20,23)(H,21,22,24)/t13-/m1/s1. The first-order valence-electron chi connectivity index (χ1n) is 8.22. The molecule has 1 atom stereocenters. The first kappa shape index (κ1) is 18.6. The molecule has 134 valence electrons. The second-order valence-corrected chi connectivity index (χ2v) is 5.93. The molecule has 0 saturated carbocycles. The van der Waals surface area contributed by atoms with Crippen LogP contribution in [0.5, 0.6) is 0 Å². The van der Waals surface area contributed by atoms with E-state index in [-0.39, 0.29) is 17.6 Å². The minimum Gasteiger partial charge on any atom is -0.360 e. The van der Waals surface area contributed by atoms with Gasteiger partial charge in [0, 0.05) is 12.5 Å². The number of halogens is 1. The van der Waals surface area contributed by atoms with Crippen molar-refractivity contribution in [2.24, 2.45) is 0 Å². The Morgan fingerprint density at radius 2 is 1.96 bits per heavy atom. The van der Waals surface area contributed by atoms with E-state index in [1.165, 1.54) is 12.1 Å². The van der Waals surface area contributed by atoms with Crippen LogP contribution in [0.25, 0.3) is 0 Å². The van der Waals surface area contributed by atoms with Crippen LogP contribution in [0, 0.1) is 12.7 Å². The number of amides is 2. The van der Waals surface area contributed by atoms with Gasteiger partial charge in [0.05, 0.1) is 0 Å². The lowest BCUT2D eigenvalue weighted by Gasteiger charge is -2.12. The van der Waals surface area contributed by atoms with Crippen molar-refractivity contribution in [3.8, 4) is 0 Å². The molecule has 0 radical (unpaired) electrons. The summed E-state index contributed by atoms with van der Waals surface area (Å²) in [6.07, 6.45) is 2.63. The number of aryl methyl sites for hydroxylation is 2. The van der Waals surface area contributed by atoms with Crippen molar-refractivity contribution in [3.05, 3.63) is 47.5 Å². The molecule has 1 aromatic carbocycles. The summed E-state index contributed by atoms with van der Waals surface area (Å²) in [5.74, 6) is 0.123. The molecule has 2 N–H and O–H groups in total. The van der Waals surface area contributed by atoms with Crippen LogP contribution in [-0.4, -0.2) is 23.0 Å². The maximum atomic E-state index is 12.8. The van der Waals surface area contributed by atoms with Crippen LogP contribution >= 0.6 is 0 Å². The van der Waals surface area contributed by atoms with Crippen LogP contribution in [0.15, 0.2) is 34.9 Å². The highest BCUT2D eigenvalue weighted by Gasteiger charge is 2.16. The van der Waals surface area contributed by atoms with E-state index in [0.29, 0.717) is 24.4 Å². The van der Waals surface area contributed by atoms with E-state index >= 15 is 0 Å². The number of aromatic nitrogens is 1. The first-order chi connectivity index (χ1) is 11.9. The van der Waals surface area contributed by atoms with Gasteiger partial charge in [-0.25, -0.2) is 4.39 Å². The zero-order valence-electron chi connectivity index (χ0n) is 14.3. The molecule has 25 heavy (non-hydrogen) atoms. The predicted octanol–water partition coefficient (Wildman–Crippen LogP) is 2.98. The molecule has 6 nitrogen and oxygen atoms in total. The maximum absolute atomic E-state index is 12.8. The topological polar surface area (TPSA) is 84.2 Å². The third kappa shape index (κ3) is 6.37. The van der Waals surface area contributed by atoms with E-state index in [0.717, 1.165) is 18.4 Å². The fourth-order valence-corrected chi connectivity index (χ4v) is 2.30. The van der Waals surface area contributed by atoms with Crippen LogP contribution in [0.3, 0.4) is 0 Å². The molecule has 0 bridgehead atoms. The van der Waals surface area contributed by atoms with Gasteiger partial charge in [-0.2, -0.15) is 0 Å². The minimum atomic E-state index is -0.665. The molecule has 1 aromatic heterocycles. The van der Waals surface area contributed by atoms with E-state index in [1.54, 1.807) is 32.0 Å². The molecular weight excluding hydrogens is 325 g/mol. The lowest BCUT2D eigenvalue weighted by atomic mass is 10.1. The average molecular weight is 347 g/mol. The van der Waals surface area contributed by atoms with Gasteiger partial charge < -0.3 is 15.2 Å². The maximum Gasteiger partial charge on any atom is 0.247 e. The van der Waals surface area contributed by atoms with Crippen LogP contribution < -0.4 is 10.6 Å². The summed E-state index contributed by atoms with van der Waals surface area (Å²) in [5.41, 5.74) is 1.04. The van der Waals surface area contributed by atoms with Gasteiger partial charge in [0.15, 0.2) is 5.82 Å². The number of benzene rings is 1. The average Bonchev–Trinajstić information content (AvgIpc) is 2.98. The van der Waals surface area contributed by atoms with Crippen molar-refractivity contribution in [3.63, 3.8) is 0 Å². The van der Waals surface area contributed by atoms with Gasteiger partial charge in [0.2, 0.25) is 11.8 Å². The van der Waals surface area contributed by atoms with E-state index in [2.05, 4.69) is 15.8 Å². The van der Waals surface area contributed by atoms with Gasteiger partial charge in [0.25, 0.3) is 0 Å². The summed E-state index contributed by atoms with van der Waals surface area (Å²) in [6.45, 7) is 3.33. The number of nitrogens with one attached hydrogen (secondary N) is 2. The van der Waals surface area contributed by atoms with Crippen molar-refractivity contribution in [1.29, 1.82) is 0 Å². The SMILES string of the molecule is Cc1cc(NC(=O)[C@@H](C)NC(=O)CCCCc2ccc(F)cc2)no1. The van der Waals surface area contributed by atoms with Gasteiger partial charge in [-0.05, 0) is 50.8 Å². The zero-order valence-corrected chi connectivity index (χ0v) is 14.3. The smallest absolute Gasteiger partial charge is 0.247 e. The van der Waals surface area contributed by atoms with Gasteiger partial charge in [-0.15, -0.1) is 0 Å². The largest absolute Gasteiger partial charge is 0.360 e. The van der Waals surface area contributed by atoms with E-state index in [9.17, 15) is 14.0 Å². The molecule has 7 heteroatoms. The number of carbonyl (C=O) groups excluding carboxylic acids is 2. The molecule has 2 aromatic rings. The van der Waals surface area contributed by atoms with Crippen molar-refractivity contribution in [1.82, 2.24) is 10.5 Å². The summed E-state index contributed by atoms with van der Waals surface area (Å²) in [6, 6.07) is 7.28. The van der Waals surface area contributed by atoms with Gasteiger partial charge in [0.1, 0.15) is 17.6 Å². The molecule has 1 heterocycles. The van der Waals surface area contributed by atoms with Crippen LogP contribution in [0.2, 0.25) is 0 Å². The summed E-state index contributed by atoms with van der Waals surface area (Å²) in [5, 5.41) is 8.89. The zero-order chi connectivity index (χ0) is 18.2. The van der Waals surface area contributed by atoms with Crippen molar-refractivity contribution in [2.45, 2.75) is 45.6 Å². The highest BCUT2D eigenvalue weighted by molar-refractivity contribution is 5.96. The minimum absolute atomic E-state index is 0.182. The Kier molecular flexibility index (Phi) is 6.68. The quantitative estimate of drug-likeness (QED) is 0.719. The Labute approximate surface area is 145 Å². The lowest BCUT2D eigenvalue weighted by Crippen LogP contribution is -2.41. The fourth-order valence-electron chi connectivity index (χ4n) is 2.30. The fraction of sp³-hybridized carbons (Fsp3) is 0.389. The van der Waals surface area contributed by atoms with Gasteiger partial charge in [-0.3, -0.25) is 9.59 Å².